The number of hydrogen-bond donors (Lipinski definition) is 1. The number of benzene rings is 1. The number of ether oxygens (including phenoxy) is 1. The highest BCUT2D eigenvalue weighted by molar-refractivity contribution is 5.21. The summed E-state index contributed by atoms with van der Waals surface area (Å²) < 4.78 is 19.7. The van der Waals surface area contributed by atoms with Crippen molar-refractivity contribution in [2.45, 2.75) is 39.0 Å². The van der Waals surface area contributed by atoms with Gasteiger partial charge in [-0.25, -0.2) is 4.39 Å². The van der Waals surface area contributed by atoms with Crippen molar-refractivity contribution in [2.24, 2.45) is 0 Å². The molecule has 0 radical (unpaired) electrons. The van der Waals surface area contributed by atoms with E-state index >= 15 is 0 Å². The van der Waals surface area contributed by atoms with Gasteiger partial charge < -0.3 is 10.1 Å². The number of halogens is 1. The van der Waals surface area contributed by atoms with Gasteiger partial charge in [-0.05, 0) is 26.5 Å². The lowest BCUT2D eigenvalue weighted by atomic mass is 10.0. The lowest BCUT2D eigenvalue weighted by Crippen LogP contribution is -2.48. The second kappa shape index (κ2) is 7.16. The first-order valence-corrected chi connectivity index (χ1v) is 7.45. The highest BCUT2D eigenvalue weighted by atomic mass is 19.1. The Kier molecular flexibility index (Phi) is 5.52. The average Bonchev–Trinajstić information content (AvgIpc) is 2.37. The summed E-state index contributed by atoms with van der Waals surface area (Å²) in [5.74, 6) is -0.132. The second-order valence-corrected chi connectivity index (χ2v) is 5.61. The zero-order valence-electron chi connectivity index (χ0n) is 12.6. The van der Waals surface area contributed by atoms with Crippen molar-refractivity contribution < 1.29 is 9.13 Å². The van der Waals surface area contributed by atoms with Gasteiger partial charge in [-0.2, -0.15) is 0 Å². The Morgan fingerprint density at radius 1 is 1.30 bits per heavy atom. The van der Waals surface area contributed by atoms with Crippen LogP contribution in [0, 0.1) is 5.82 Å². The molecule has 4 heteroatoms. The fourth-order valence-corrected chi connectivity index (χ4v) is 2.97. The van der Waals surface area contributed by atoms with E-state index in [0.717, 1.165) is 31.7 Å². The quantitative estimate of drug-likeness (QED) is 0.897. The van der Waals surface area contributed by atoms with Crippen LogP contribution in [0.1, 0.15) is 32.4 Å². The normalized spacial score (nSPS) is 25.6. The van der Waals surface area contributed by atoms with Gasteiger partial charge in [0.25, 0.3) is 0 Å². The first-order valence-electron chi connectivity index (χ1n) is 7.45. The molecule has 0 saturated carbocycles. The maximum absolute atomic E-state index is 14.0. The minimum atomic E-state index is -0.132. The molecular formula is C16H25FN2O. The van der Waals surface area contributed by atoms with E-state index in [4.69, 9.17) is 4.74 Å². The molecule has 0 amide bonds. The van der Waals surface area contributed by atoms with Gasteiger partial charge in [0.1, 0.15) is 5.82 Å². The van der Waals surface area contributed by atoms with Crippen LogP contribution in [-0.2, 0) is 4.74 Å². The third kappa shape index (κ3) is 4.01. The van der Waals surface area contributed by atoms with Crippen LogP contribution in [0.4, 0.5) is 4.39 Å². The van der Waals surface area contributed by atoms with Crippen molar-refractivity contribution in [2.75, 3.05) is 26.2 Å². The van der Waals surface area contributed by atoms with E-state index in [0.29, 0.717) is 0 Å². The maximum Gasteiger partial charge on any atom is 0.128 e. The van der Waals surface area contributed by atoms with Crippen molar-refractivity contribution in [3.63, 3.8) is 0 Å². The van der Waals surface area contributed by atoms with Crippen LogP contribution in [0.3, 0.4) is 0 Å². The summed E-state index contributed by atoms with van der Waals surface area (Å²) in [6.45, 7) is 9.68. The van der Waals surface area contributed by atoms with Gasteiger partial charge in [0.15, 0.2) is 0 Å². The van der Waals surface area contributed by atoms with E-state index in [-0.39, 0.29) is 24.1 Å². The zero-order chi connectivity index (χ0) is 14.5. The van der Waals surface area contributed by atoms with Crippen LogP contribution in [0.2, 0.25) is 0 Å². The summed E-state index contributed by atoms with van der Waals surface area (Å²) in [6, 6.07) is 7.06. The van der Waals surface area contributed by atoms with Crippen LogP contribution in [0.5, 0.6) is 0 Å². The van der Waals surface area contributed by atoms with Crippen LogP contribution in [0.25, 0.3) is 0 Å². The number of morpholine rings is 1. The van der Waals surface area contributed by atoms with E-state index in [1.165, 1.54) is 6.07 Å². The third-order valence-corrected chi connectivity index (χ3v) is 3.67. The summed E-state index contributed by atoms with van der Waals surface area (Å²) in [5.41, 5.74) is 0.751. The molecule has 1 aliphatic heterocycles. The molecule has 3 atom stereocenters. The van der Waals surface area contributed by atoms with E-state index in [9.17, 15) is 4.39 Å². The molecule has 1 N–H and O–H groups in total. The minimum absolute atomic E-state index is 0.0266. The van der Waals surface area contributed by atoms with Gasteiger partial charge in [0.05, 0.1) is 12.2 Å². The SMILES string of the molecule is CCNC(CN1C[C@@H](C)O[C@@H](C)C1)c1ccccc1F. The van der Waals surface area contributed by atoms with Gasteiger partial charge in [-0.15, -0.1) is 0 Å². The van der Waals surface area contributed by atoms with Crippen molar-refractivity contribution >= 4 is 0 Å². The first kappa shape index (κ1) is 15.4. The van der Waals surface area contributed by atoms with E-state index in [2.05, 4.69) is 31.0 Å². The Bertz CT molecular complexity index is 417. The topological polar surface area (TPSA) is 24.5 Å². The summed E-state index contributed by atoms with van der Waals surface area (Å²) in [4.78, 5) is 2.36. The van der Waals surface area contributed by atoms with Crippen LogP contribution in [0.15, 0.2) is 24.3 Å². The van der Waals surface area contributed by atoms with Crippen LogP contribution < -0.4 is 5.32 Å². The first-order chi connectivity index (χ1) is 9.60. The standard InChI is InChI=1S/C16H25FN2O/c1-4-18-16(14-7-5-6-8-15(14)17)11-19-9-12(2)20-13(3)10-19/h5-8,12-13,16,18H,4,9-11H2,1-3H3/t12-,13+,16?. The molecule has 1 heterocycles. The molecule has 112 valence electrons. The number of nitrogens with one attached hydrogen (secondary N) is 1. The van der Waals surface area contributed by atoms with Gasteiger partial charge in [-0.1, -0.05) is 25.1 Å². The number of rotatable bonds is 5. The Morgan fingerprint density at radius 2 is 1.95 bits per heavy atom. The molecule has 1 unspecified atom stereocenters. The molecule has 20 heavy (non-hydrogen) atoms. The molecule has 1 fully saturated rings. The number of hydrogen-bond acceptors (Lipinski definition) is 3. The van der Waals surface area contributed by atoms with Crippen LogP contribution >= 0.6 is 0 Å². The molecule has 1 aromatic carbocycles. The Morgan fingerprint density at radius 3 is 2.55 bits per heavy atom. The van der Waals surface area contributed by atoms with Gasteiger partial charge >= 0.3 is 0 Å². The maximum atomic E-state index is 14.0. The summed E-state index contributed by atoms with van der Waals surface area (Å²) in [5, 5.41) is 3.39. The third-order valence-electron chi connectivity index (χ3n) is 3.67. The molecule has 1 aromatic rings. The molecule has 3 nitrogen and oxygen atoms in total. The molecular weight excluding hydrogens is 255 g/mol. The molecule has 2 rings (SSSR count). The Balaban J connectivity index is 2.07. The fraction of sp³-hybridized carbons (Fsp3) is 0.625. The molecule has 1 aliphatic rings. The zero-order valence-corrected chi connectivity index (χ0v) is 12.6. The van der Waals surface area contributed by atoms with E-state index in [1.807, 2.05) is 12.1 Å². The summed E-state index contributed by atoms with van der Waals surface area (Å²) in [6.07, 6.45) is 0.475. The second-order valence-electron chi connectivity index (χ2n) is 5.61. The molecule has 0 aliphatic carbocycles. The monoisotopic (exact) mass is 280 g/mol. The van der Waals surface area contributed by atoms with Crippen molar-refractivity contribution in [3.05, 3.63) is 35.6 Å². The van der Waals surface area contributed by atoms with Crippen LogP contribution in [-0.4, -0.2) is 43.3 Å². The van der Waals surface area contributed by atoms with E-state index in [1.54, 1.807) is 6.07 Å². The van der Waals surface area contributed by atoms with Crippen molar-refractivity contribution in [1.29, 1.82) is 0 Å². The summed E-state index contributed by atoms with van der Waals surface area (Å²) in [7, 11) is 0. The molecule has 0 bridgehead atoms. The largest absolute Gasteiger partial charge is 0.373 e. The predicted molar refractivity (Wildman–Crippen MR) is 79.3 cm³/mol. The van der Waals surface area contributed by atoms with Gasteiger partial charge in [-0.3, -0.25) is 4.90 Å². The Labute approximate surface area is 121 Å². The highest BCUT2D eigenvalue weighted by Gasteiger charge is 2.25. The molecule has 1 saturated heterocycles. The smallest absolute Gasteiger partial charge is 0.128 e. The Hall–Kier alpha value is -0.970. The van der Waals surface area contributed by atoms with E-state index < -0.39 is 0 Å². The summed E-state index contributed by atoms with van der Waals surface area (Å²) >= 11 is 0. The molecule has 0 aromatic heterocycles. The number of likely N-dealkylation sites (N-methyl/N-ethyl adjacent to an activating group) is 1. The lowest BCUT2D eigenvalue weighted by molar-refractivity contribution is -0.0700. The van der Waals surface area contributed by atoms with Crippen molar-refractivity contribution in [1.82, 2.24) is 10.2 Å². The van der Waals surface area contributed by atoms with Gasteiger partial charge in [0, 0.05) is 31.2 Å². The highest BCUT2D eigenvalue weighted by Crippen LogP contribution is 2.20. The predicted octanol–water partition coefficient (Wildman–Crippen LogP) is 2.59. The fourth-order valence-electron chi connectivity index (χ4n) is 2.97. The molecule has 0 spiro atoms. The van der Waals surface area contributed by atoms with Crippen molar-refractivity contribution in [3.8, 4) is 0 Å². The van der Waals surface area contributed by atoms with Gasteiger partial charge in [0.2, 0.25) is 0 Å². The average molecular weight is 280 g/mol. The lowest BCUT2D eigenvalue weighted by Gasteiger charge is -2.37. The number of nitrogens with zero attached hydrogens (tertiary/aromatic N) is 1. The minimum Gasteiger partial charge on any atom is -0.373 e.